The van der Waals surface area contributed by atoms with Crippen LogP contribution in [-0.4, -0.2) is 47.4 Å². The van der Waals surface area contributed by atoms with E-state index in [1.54, 1.807) is 0 Å². The summed E-state index contributed by atoms with van der Waals surface area (Å²) in [5, 5.41) is 23.4. The Balaban J connectivity index is 3.40. The van der Waals surface area contributed by atoms with E-state index in [1.165, 1.54) is 302 Å². The van der Waals surface area contributed by atoms with Crippen molar-refractivity contribution in [1.82, 2.24) is 5.32 Å². The van der Waals surface area contributed by atoms with Crippen molar-refractivity contribution in [3.8, 4) is 0 Å². The Labute approximate surface area is 487 Å². The van der Waals surface area contributed by atoms with E-state index in [0.29, 0.717) is 25.9 Å². The van der Waals surface area contributed by atoms with Gasteiger partial charge in [-0.3, -0.25) is 9.59 Å². The van der Waals surface area contributed by atoms with Crippen molar-refractivity contribution >= 4 is 11.9 Å². The lowest BCUT2D eigenvalue weighted by Gasteiger charge is -2.22. The molecule has 78 heavy (non-hydrogen) atoms. The zero-order valence-corrected chi connectivity index (χ0v) is 52.7. The van der Waals surface area contributed by atoms with E-state index in [0.717, 1.165) is 51.4 Å². The Hall–Kier alpha value is -1.92. The predicted molar refractivity (Wildman–Crippen MR) is 343 cm³/mol. The van der Waals surface area contributed by atoms with Gasteiger partial charge in [-0.15, -0.1) is 0 Å². The van der Waals surface area contributed by atoms with Crippen LogP contribution in [-0.2, 0) is 14.3 Å². The second kappa shape index (κ2) is 67.6. The Morgan fingerprint density at radius 3 is 1.01 bits per heavy atom. The van der Waals surface area contributed by atoms with Crippen LogP contribution in [0.1, 0.15) is 386 Å². The Kier molecular flexibility index (Phi) is 65.9. The van der Waals surface area contributed by atoms with Crippen LogP contribution >= 0.6 is 0 Å². The van der Waals surface area contributed by atoms with E-state index in [4.69, 9.17) is 4.74 Å². The molecule has 3 N–H and O–H groups in total. The van der Waals surface area contributed by atoms with Gasteiger partial charge < -0.3 is 20.3 Å². The minimum atomic E-state index is -0.668. The van der Waals surface area contributed by atoms with Crippen molar-refractivity contribution in [3.63, 3.8) is 0 Å². The molecule has 0 aliphatic carbocycles. The summed E-state index contributed by atoms with van der Waals surface area (Å²) < 4.78 is 5.50. The highest BCUT2D eigenvalue weighted by molar-refractivity contribution is 5.76. The fourth-order valence-corrected chi connectivity index (χ4v) is 11.0. The van der Waals surface area contributed by atoms with Crippen LogP contribution in [0.4, 0.5) is 0 Å². The quantitative estimate of drug-likeness (QED) is 0.0320. The van der Waals surface area contributed by atoms with Gasteiger partial charge in [-0.25, -0.2) is 0 Å². The fourth-order valence-electron chi connectivity index (χ4n) is 11.0. The Bertz CT molecular complexity index is 1260. The molecule has 460 valence electrons. The van der Waals surface area contributed by atoms with Gasteiger partial charge in [-0.1, -0.05) is 326 Å². The van der Waals surface area contributed by atoms with E-state index in [-0.39, 0.29) is 18.5 Å². The van der Waals surface area contributed by atoms with Gasteiger partial charge in [0.1, 0.15) is 0 Å². The molecule has 0 fully saturated rings. The van der Waals surface area contributed by atoms with E-state index < -0.39 is 12.1 Å². The number of hydrogen-bond donors (Lipinski definition) is 3. The minimum Gasteiger partial charge on any atom is -0.466 e. The highest BCUT2D eigenvalue weighted by Gasteiger charge is 2.20. The molecule has 0 aliphatic rings. The molecule has 0 spiro atoms. The van der Waals surface area contributed by atoms with Crippen molar-refractivity contribution in [2.45, 2.75) is 398 Å². The van der Waals surface area contributed by atoms with Crippen LogP contribution < -0.4 is 5.32 Å². The molecule has 6 heteroatoms. The number of ether oxygens (including phenoxy) is 1. The first kappa shape index (κ1) is 76.1. The number of carbonyl (C=O) groups excluding carboxylic acids is 2. The highest BCUT2D eigenvalue weighted by Crippen LogP contribution is 2.18. The van der Waals surface area contributed by atoms with Gasteiger partial charge in [0.2, 0.25) is 5.91 Å². The number of allylic oxidation sites excluding steroid dienone is 6. The summed E-state index contributed by atoms with van der Waals surface area (Å²) in [7, 11) is 0. The topological polar surface area (TPSA) is 95.9 Å². The number of unbranched alkanes of at least 4 members (excludes halogenated alkanes) is 49. The van der Waals surface area contributed by atoms with Gasteiger partial charge in [0.15, 0.2) is 0 Å². The lowest BCUT2D eigenvalue weighted by molar-refractivity contribution is -0.143. The number of aliphatic hydroxyl groups excluding tert-OH is 2. The minimum absolute atomic E-state index is 0.00536. The summed E-state index contributed by atoms with van der Waals surface area (Å²) in [6, 6.07) is -0.546. The van der Waals surface area contributed by atoms with Crippen LogP contribution in [0.2, 0.25) is 0 Å². The standard InChI is InChI=1S/C72H137NO5/c1-3-5-7-9-11-13-15-17-19-21-22-29-33-36-40-44-48-52-56-60-64-70(75)69(68-74)73-71(76)65-61-57-53-49-45-41-37-34-30-27-25-23-24-26-28-31-35-39-43-47-51-55-59-63-67-78-72(77)66-62-58-54-50-46-42-38-32-20-18-16-14-12-10-8-6-4-2/h12,14,18,20,25,27,69-70,74-75H,3-11,13,15-17,19,21-24,26,28-68H2,1-2H3,(H,73,76)/b14-12-,20-18-,27-25-. The summed E-state index contributed by atoms with van der Waals surface area (Å²) in [6.07, 6.45) is 86.1. The van der Waals surface area contributed by atoms with Crippen LogP contribution in [0, 0.1) is 0 Å². The van der Waals surface area contributed by atoms with Gasteiger partial charge in [-0.05, 0) is 83.5 Å². The molecule has 0 aromatic carbocycles. The first-order valence-corrected chi connectivity index (χ1v) is 35.2. The van der Waals surface area contributed by atoms with Crippen LogP contribution in [0.25, 0.3) is 0 Å². The van der Waals surface area contributed by atoms with Gasteiger partial charge >= 0.3 is 5.97 Å². The molecule has 1 amide bonds. The lowest BCUT2D eigenvalue weighted by atomic mass is 10.0. The molecule has 0 heterocycles. The molecule has 0 aliphatic heterocycles. The molecule has 6 nitrogen and oxygen atoms in total. The van der Waals surface area contributed by atoms with Crippen molar-refractivity contribution < 1.29 is 24.5 Å². The largest absolute Gasteiger partial charge is 0.466 e. The summed E-state index contributed by atoms with van der Waals surface area (Å²) in [5.41, 5.74) is 0. The van der Waals surface area contributed by atoms with Crippen molar-refractivity contribution in [3.05, 3.63) is 36.5 Å². The zero-order valence-electron chi connectivity index (χ0n) is 52.7. The first-order chi connectivity index (χ1) is 38.5. The maximum Gasteiger partial charge on any atom is 0.305 e. The number of nitrogens with one attached hydrogen (secondary N) is 1. The van der Waals surface area contributed by atoms with Crippen molar-refractivity contribution in [2.75, 3.05) is 13.2 Å². The molecule has 2 atom stereocenters. The van der Waals surface area contributed by atoms with Gasteiger partial charge in [0.05, 0.1) is 25.4 Å². The van der Waals surface area contributed by atoms with E-state index in [9.17, 15) is 19.8 Å². The molecule has 0 radical (unpaired) electrons. The predicted octanol–water partition coefficient (Wildman–Crippen LogP) is 22.7. The molecule has 0 saturated carbocycles. The molecule has 0 rings (SSSR count). The monoisotopic (exact) mass is 1100 g/mol. The molecular weight excluding hydrogens is 959 g/mol. The molecular formula is C72H137NO5. The van der Waals surface area contributed by atoms with Crippen LogP contribution in [0.5, 0.6) is 0 Å². The molecule has 2 unspecified atom stereocenters. The van der Waals surface area contributed by atoms with Crippen molar-refractivity contribution in [1.29, 1.82) is 0 Å². The molecule has 0 saturated heterocycles. The summed E-state index contributed by atoms with van der Waals surface area (Å²) in [4.78, 5) is 24.6. The van der Waals surface area contributed by atoms with E-state index >= 15 is 0 Å². The zero-order chi connectivity index (χ0) is 56.4. The average Bonchev–Trinajstić information content (AvgIpc) is 3.44. The molecule has 0 bridgehead atoms. The third-order valence-electron chi connectivity index (χ3n) is 16.4. The number of carbonyl (C=O) groups is 2. The summed E-state index contributed by atoms with van der Waals surface area (Å²) in [5.74, 6) is -0.0306. The lowest BCUT2D eigenvalue weighted by Crippen LogP contribution is -2.45. The normalized spacial score (nSPS) is 12.7. The van der Waals surface area contributed by atoms with E-state index in [2.05, 4.69) is 55.6 Å². The highest BCUT2D eigenvalue weighted by atomic mass is 16.5. The van der Waals surface area contributed by atoms with E-state index in [1.807, 2.05) is 0 Å². The maximum absolute atomic E-state index is 12.5. The van der Waals surface area contributed by atoms with Crippen molar-refractivity contribution in [2.24, 2.45) is 0 Å². The number of amides is 1. The molecule has 0 aromatic rings. The summed E-state index contributed by atoms with van der Waals surface area (Å²) in [6.45, 7) is 4.95. The Morgan fingerprint density at radius 1 is 0.359 bits per heavy atom. The second-order valence-electron chi connectivity index (χ2n) is 24.2. The maximum atomic E-state index is 12.5. The Morgan fingerprint density at radius 2 is 0.641 bits per heavy atom. The second-order valence-corrected chi connectivity index (χ2v) is 24.2. The molecule has 0 aromatic heterocycles. The smallest absolute Gasteiger partial charge is 0.305 e. The third kappa shape index (κ3) is 63.3. The number of esters is 1. The van der Waals surface area contributed by atoms with Crippen LogP contribution in [0.15, 0.2) is 36.5 Å². The first-order valence-electron chi connectivity index (χ1n) is 35.2. The average molecular weight is 1100 g/mol. The SMILES string of the molecule is CCCCC/C=C\C/C=C\CCCCCCCCCC(=O)OCCCCCCCCCCCCCC/C=C\CCCCCCCCCCC(=O)NC(CO)C(O)CCCCCCCCCCCCCCCCCCCCCC. The summed E-state index contributed by atoms with van der Waals surface area (Å²) >= 11 is 0. The number of aliphatic hydroxyl groups is 2. The van der Waals surface area contributed by atoms with Crippen LogP contribution in [0.3, 0.4) is 0 Å². The number of hydrogen-bond acceptors (Lipinski definition) is 5. The van der Waals surface area contributed by atoms with Gasteiger partial charge in [-0.2, -0.15) is 0 Å². The van der Waals surface area contributed by atoms with Gasteiger partial charge in [0, 0.05) is 12.8 Å². The number of rotatable bonds is 66. The fraction of sp³-hybridized carbons (Fsp3) is 0.889. The third-order valence-corrected chi connectivity index (χ3v) is 16.4. The van der Waals surface area contributed by atoms with Gasteiger partial charge in [0.25, 0.3) is 0 Å².